The van der Waals surface area contributed by atoms with Crippen LogP contribution in [-0.2, 0) is 18.9 Å². The molecule has 1 fully saturated rings. The monoisotopic (exact) mass is 450 g/mol. The standard InChI is InChI=1S/C20H22N2O10/c23-21(24)15-1-5-17(6-2-15)27-9-11-29-19-20(32-14-13-31-19)30-12-10-28-18-7-3-16(4-8-18)22(25)26/h1-8,19-20H,9-14H2/t19-,20-/m1/s1. The number of nitro groups is 2. The van der Waals surface area contributed by atoms with Crippen LogP contribution in [0.3, 0.4) is 0 Å². The number of benzene rings is 2. The molecule has 12 nitrogen and oxygen atoms in total. The van der Waals surface area contributed by atoms with E-state index in [-0.39, 0.29) is 37.8 Å². The van der Waals surface area contributed by atoms with Crippen molar-refractivity contribution in [1.29, 1.82) is 0 Å². The van der Waals surface area contributed by atoms with E-state index in [2.05, 4.69) is 0 Å². The van der Waals surface area contributed by atoms with Gasteiger partial charge in [-0.2, -0.15) is 0 Å². The maximum Gasteiger partial charge on any atom is 0.269 e. The second-order valence-electron chi connectivity index (χ2n) is 6.42. The Labute approximate surface area is 182 Å². The third-order valence-corrected chi connectivity index (χ3v) is 4.23. The van der Waals surface area contributed by atoms with Crippen LogP contribution in [0.5, 0.6) is 11.5 Å². The Kier molecular flexibility index (Phi) is 8.69. The van der Waals surface area contributed by atoms with Gasteiger partial charge in [-0.25, -0.2) is 0 Å². The molecule has 3 rings (SSSR count). The van der Waals surface area contributed by atoms with Crippen molar-refractivity contribution >= 4 is 11.4 Å². The molecule has 0 bridgehead atoms. The lowest BCUT2D eigenvalue weighted by atomic mass is 10.3. The summed E-state index contributed by atoms with van der Waals surface area (Å²) >= 11 is 0. The van der Waals surface area contributed by atoms with Crippen molar-refractivity contribution in [3.05, 3.63) is 68.8 Å². The smallest absolute Gasteiger partial charge is 0.269 e. The Balaban J connectivity index is 1.34. The maximum absolute atomic E-state index is 10.7. The zero-order valence-corrected chi connectivity index (χ0v) is 17.0. The van der Waals surface area contributed by atoms with Gasteiger partial charge >= 0.3 is 0 Å². The summed E-state index contributed by atoms with van der Waals surface area (Å²) in [5.41, 5.74) is -0.0298. The largest absolute Gasteiger partial charge is 0.491 e. The minimum absolute atomic E-state index is 0.0149. The van der Waals surface area contributed by atoms with E-state index in [1.54, 1.807) is 0 Å². The fourth-order valence-electron chi connectivity index (χ4n) is 2.71. The van der Waals surface area contributed by atoms with Gasteiger partial charge in [0.15, 0.2) is 0 Å². The molecular formula is C20H22N2O10. The van der Waals surface area contributed by atoms with Crippen molar-refractivity contribution in [1.82, 2.24) is 0 Å². The van der Waals surface area contributed by atoms with Gasteiger partial charge in [0.05, 0.1) is 36.3 Å². The van der Waals surface area contributed by atoms with E-state index in [1.807, 2.05) is 0 Å². The average Bonchev–Trinajstić information content (AvgIpc) is 2.81. The second kappa shape index (κ2) is 11.9. The lowest BCUT2D eigenvalue weighted by molar-refractivity contribution is -0.385. The number of hydrogen-bond donors (Lipinski definition) is 0. The maximum atomic E-state index is 10.7. The van der Waals surface area contributed by atoms with E-state index >= 15 is 0 Å². The number of rotatable bonds is 12. The van der Waals surface area contributed by atoms with Crippen molar-refractivity contribution < 1.29 is 38.3 Å². The summed E-state index contributed by atoms with van der Waals surface area (Å²) in [7, 11) is 0. The molecule has 2 aromatic rings. The van der Waals surface area contributed by atoms with Gasteiger partial charge < -0.3 is 28.4 Å². The normalized spacial score (nSPS) is 18.1. The third kappa shape index (κ3) is 7.13. The fourth-order valence-corrected chi connectivity index (χ4v) is 2.71. The minimum Gasteiger partial charge on any atom is -0.491 e. The van der Waals surface area contributed by atoms with Gasteiger partial charge in [0.1, 0.15) is 24.7 Å². The number of nitrogens with zero attached hydrogens (tertiary/aromatic N) is 2. The number of ether oxygens (including phenoxy) is 6. The summed E-state index contributed by atoms with van der Waals surface area (Å²) in [6.45, 7) is 1.48. The summed E-state index contributed by atoms with van der Waals surface area (Å²) in [4.78, 5) is 20.3. The third-order valence-electron chi connectivity index (χ3n) is 4.23. The summed E-state index contributed by atoms with van der Waals surface area (Å²) in [6, 6.07) is 11.5. The highest BCUT2D eigenvalue weighted by Gasteiger charge is 2.28. The zero-order valence-electron chi connectivity index (χ0n) is 17.0. The highest BCUT2D eigenvalue weighted by atomic mass is 16.8. The van der Waals surface area contributed by atoms with E-state index in [9.17, 15) is 20.2 Å². The van der Waals surface area contributed by atoms with Crippen LogP contribution in [-0.4, -0.2) is 62.1 Å². The molecule has 0 amide bonds. The Hall–Kier alpha value is -3.32. The van der Waals surface area contributed by atoms with E-state index in [1.165, 1.54) is 48.5 Å². The van der Waals surface area contributed by atoms with Gasteiger partial charge in [0, 0.05) is 24.3 Å². The van der Waals surface area contributed by atoms with E-state index in [0.29, 0.717) is 24.7 Å². The molecule has 1 heterocycles. The lowest BCUT2D eigenvalue weighted by Crippen LogP contribution is -2.43. The number of nitro benzene ring substituents is 2. The molecular weight excluding hydrogens is 428 g/mol. The van der Waals surface area contributed by atoms with Crippen LogP contribution in [0, 0.1) is 20.2 Å². The highest BCUT2D eigenvalue weighted by molar-refractivity contribution is 5.36. The molecule has 0 aromatic heterocycles. The van der Waals surface area contributed by atoms with Crippen LogP contribution in [0.4, 0.5) is 11.4 Å². The number of non-ortho nitro benzene ring substituents is 2. The van der Waals surface area contributed by atoms with Gasteiger partial charge in [-0.1, -0.05) is 0 Å². The summed E-state index contributed by atoms with van der Waals surface area (Å²) in [5, 5.41) is 21.3. The van der Waals surface area contributed by atoms with Crippen LogP contribution < -0.4 is 9.47 Å². The van der Waals surface area contributed by atoms with Gasteiger partial charge in [-0.05, 0) is 24.3 Å². The predicted molar refractivity (Wildman–Crippen MR) is 109 cm³/mol. The second-order valence-corrected chi connectivity index (χ2v) is 6.42. The Morgan fingerprint density at radius 3 is 1.41 bits per heavy atom. The molecule has 0 spiro atoms. The fraction of sp³-hybridized carbons (Fsp3) is 0.400. The summed E-state index contributed by atoms with van der Waals surface area (Å²) in [6.07, 6.45) is -1.49. The molecule has 1 aliphatic rings. The molecule has 2 atom stereocenters. The molecule has 1 aliphatic heterocycles. The summed E-state index contributed by atoms with van der Waals surface area (Å²) < 4.78 is 33.3. The first-order valence-corrected chi connectivity index (χ1v) is 9.74. The van der Waals surface area contributed by atoms with Gasteiger partial charge in [-0.3, -0.25) is 20.2 Å². The van der Waals surface area contributed by atoms with Crippen molar-refractivity contribution in [3.63, 3.8) is 0 Å². The quantitative estimate of drug-likeness (QED) is 0.269. The molecule has 172 valence electrons. The molecule has 0 N–H and O–H groups in total. The van der Waals surface area contributed by atoms with Crippen molar-refractivity contribution in [2.45, 2.75) is 12.6 Å². The molecule has 12 heteroatoms. The molecule has 1 saturated heterocycles. The predicted octanol–water partition coefficient (Wildman–Crippen LogP) is 2.69. The van der Waals surface area contributed by atoms with E-state index in [0.717, 1.165) is 0 Å². The van der Waals surface area contributed by atoms with Crippen LogP contribution in [0.25, 0.3) is 0 Å². The first kappa shape index (κ1) is 23.3. The first-order chi connectivity index (χ1) is 15.5. The lowest BCUT2D eigenvalue weighted by Gasteiger charge is -2.31. The van der Waals surface area contributed by atoms with Gasteiger partial charge in [0.25, 0.3) is 11.4 Å². The van der Waals surface area contributed by atoms with Crippen LogP contribution in [0.1, 0.15) is 0 Å². The topological polar surface area (TPSA) is 142 Å². The summed E-state index contributed by atoms with van der Waals surface area (Å²) in [5.74, 6) is 0.965. The molecule has 0 radical (unpaired) electrons. The highest BCUT2D eigenvalue weighted by Crippen LogP contribution is 2.19. The van der Waals surface area contributed by atoms with Crippen LogP contribution >= 0.6 is 0 Å². The Morgan fingerprint density at radius 1 is 0.688 bits per heavy atom. The molecule has 0 aliphatic carbocycles. The van der Waals surface area contributed by atoms with Gasteiger partial charge in [0.2, 0.25) is 12.6 Å². The molecule has 0 saturated carbocycles. The Morgan fingerprint density at radius 2 is 1.06 bits per heavy atom. The minimum atomic E-state index is -0.747. The average molecular weight is 450 g/mol. The van der Waals surface area contributed by atoms with E-state index < -0.39 is 22.4 Å². The van der Waals surface area contributed by atoms with Crippen molar-refractivity contribution in [2.24, 2.45) is 0 Å². The van der Waals surface area contributed by atoms with Crippen LogP contribution in [0.15, 0.2) is 48.5 Å². The molecule has 0 unspecified atom stereocenters. The van der Waals surface area contributed by atoms with Gasteiger partial charge in [-0.15, -0.1) is 0 Å². The number of hydrogen-bond acceptors (Lipinski definition) is 10. The van der Waals surface area contributed by atoms with E-state index in [4.69, 9.17) is 28.4 Å². The zero-order chi connectivity index (χ0) is 22.8. The first-order valence-electron chi connectivity index (χ1n) is 9.74. The Bertz CT molecular complexity index is 801. The molecule has 32 heavy (non-hydrogen) atoms. The van der Waals surface area contributed by atoms with Crippen molar-refractivity contribution in [2.75, 3.05) is 39.6 Å². The SMILES string of the molecule is O=[N+]([O-])c1ccc(OCCO[C@@H]2OCCO[C@H]2OCCOc2ccc([N+](=O)[O-])cc2)cc1. The van der Waals surface area contributed by atoms with Crippen LogP contribution in [0.2, 0.25) is 0 Å². The molecule has 2 aromatic carbocycles. The van der Waals surface area contributed by atoms with Crippen molar-refractivity contribution in [3.8, 4) is 11.5 Å².